The molecule has 0 spiro atoms. The van der Waals surface area contributed by atoms with Gasteiger partial charge in [-0.05, 0) is 36.6 Å². The summed E-state index contributed by atoms with van der Waals surface area (Å²) < 4.78 is 4.81. The highest BCUT2D eigenvalue weighted by molar-refractivity contribution is 5.83. The third-order valence-corrected chi connectivity index (χ3v) is 4.17. The lowest BCUT2D eigenvalue weighted by Crippen LogP contribution is -2.02. The highest BCUT2D eigenvalue weighted by Crippen LogP contribution is 2.18. The first-order chi connectivity index (χ1) is 13.2. The summed E-state index contributed by atoms with van der Waals surface area (Å²) in [5.74, 6) is 0.557. The number of rotatable bonds is 10. The molecule has 0 unspecified atom stereocenters. The Kier molecular flexibility index (Phi) is 12.2. The molecule has 1 N–H and O–H groups in total. The Morgan fingerprint density at radius 2 is 1.52 bits per heavy atom. The Morgan fingerprint density at radius 3 is 2.15 bits per heavy atom. The van der Waals surface area contributed by atoms with Gasteiger partial charge in [-0.3, -0.25) is 0 Å². The lowest BCUT2D eigenvalue weighted by molar-refractivity contribution is -0.128. The molecule has 0 aliphatic carbocycles. The smallest absolute Gasteiger partial charge is 0.335 e. The zero-order chi connectivity index (χ0) is 19.7. The van der Waals surface area contributed by atoms with Gasteiger partial charge < -0.3 is 9.84 Å². The van der Waals surface area contributed by atoms with Gasteiger partial charge >= 0.3 is 5.97 Å². The first-order valence-corrected chi connectivity index (χ1v) is 9.83. The summed E-state index contributed by atoms with van der Waals surface area (Å²) in [6.07, 6.45) is 11.4. The minimum atomic E-state index is -0.434. The van der Waals surface area contributed by atoms with E-state index in [4.69, 9.17) is 4.74 Å². The van der Waals surface area contributed by atoms with E-state index in [0.29, 0.717) is 11.5 Å². The van der Waals surface area contributed by atoms with Crippen LogP contribution in [0.15, 0.2) is 67.3 Å². The molecule has 2 rings (SSSR count). The molecule has 0 heterocycles. The molecule has 0 aromatic heterocycles. The highest BCUT2D eigenvalue weighted by atomic mass is 16.5. The summed E-state index contributed by atoms with van der Waals surface area (Å²) in [6, 6.07) is 16.5. The van der Waals surface area contributed by atoms with Crippen molar-refractivity contribution in [3.8, 4) is 11.5 Å². The van der Waals surface area contributed by atoms with Crippen LogP contribution in [0.5, 0.6) is 11.5 Å². The number of esters is 1. The van der Waals surface area contributed by atoms with E-state index >= 15 is 0 Å². The molecule has 0 saturated carbocycles. The van der Waals surface area contributed by atoms with Crippen molar-refractivity contribution < 1.29 is 14.6 Å². The predicted octanol–water partition coefficient (Wildman–Crippen LogP) is 6.46. The fraction of sp³-hybridized carbons (Fsp3) is 0.375. The number of phenols is 1. The maximum atomic E-state index is 10.6. The van der Waals surface area contributed by atoms with Crippen molar-refractivity contribution in [3.63, 3.8) is 0 Å². The van der Waals surface area contributed by atoms with Crippen molar-refractivity contribution in [2.24, 2.45) is 0 Å². The van der Waals surface area contributed by atoms with Gasteiger partial charge in [-0.1, -0.05) is 88.4 Å². The summed E-state index contributed by atoms with van der Waals surface area (Å²) in [6.45, 7) is 5.53. The third-order valence-electron chi connectivity index (χ3n) is 4.17. The topological polar surface area (TPSA) is 46.5 Å². The van der Waals surface area contributed by atoms with E-state index in [9.17, 15) is 9.90 Å². The van der Waals surface area contributed by atoms with Crippen molar-refractivity contribution in [1.29, 1.82) is 0 Å². The van der Waals surface area contributed by atoms with Gasteiger partial charge in [0.1, 0.15) is 11.5 Å². The van der Waals surface area contributed by atoms with E-state index in [1.54, 1.807) is 30.3 Å². The Bertz CT molecular complexity index is 650. The lowest BCUT2D eigenvalue weighted by atomic mass is 10.0. The number of aryl methyl sites for hydroxylation is 1. The van der Waals surface area contributed by atoms with Gasteiger partial charge in [0.05, 0.1) is 0 Å². The number of hydrogen-bond donors (Lipinski definition) is 1. The van der Waals surface area contributed by atoms with Crippen LogP contribution in [0.2, 0.25) is 0 Å². The number of aromatic hydroxyl groups is 1. The standard InChI is InChI=1S/C15H24O.C9H8O2/c1-2-3-4-5-6-7-8-11-14-12-9-10-13-15(14)16;1-2-9(10)11-8-6-4-3-5-7-8/h9-10,12-13,16H,2-8,11H2,1H3;2-7H,1H2. The largest absolute Gasteiger partial charge is 0.508 e. The SMILES string of the molecule is C=CC(=O)Oc1ccccc1.CCCCCCCCCc1ccccc1O. The molecule has 3 heteroatoms. The number of hydrogen-bond acceptors (Lipinski definition) is 3. The molecule has 146 valence electrons. The molecule has 0 bridgehead atoms. The van der Waals surface area contributed by atoms with Crippen LogP contribution in [-0.2, 0) is 11.2 Å². The summed E-state index contributed by atoms with van der Waals surface area (Å²) in [5.41, 5.74) is 1.09. The van der Waals surface area contributed by atoms with Gasteiger partial charge in [0.15, 0.2) is 0 Å². The zero-order valence-corrected chi connectivity index (χ0v) is 16.4. The van der Waals surface area contributed by atoms with Crippen LogP contribution in [0.1, 0.15) is 57.4 Å². The first kappa shape index (κ1) is 22.5. The Balaban J connectivity index is 0.000000289. The van der Waals surface area contributed by atoms with Crippen LogP contribution >= 0.6 is 0 Å². The Hall–Kier alpha value is -2.55. The van der Waals surface area contributed by atoms with E-state index in [1.165, 1.54) is 44.9 Å². The second-order valence-electron chi connectivity index (χ2n) is 6.44. The Labute approximate surface area is 163 Å². The number of unbranched alkanes of at least 4 members (excludes halogenated alkanes) is 6. The molecule has 27 heavy (non-hydrogen) atoms. The van der Waals surface area contributed by atoms with Crippen molar-refractivity contribution >= 4 is 5.97 Å². The molecule has 0 saturated heterocycles. The van der Waals surface area contributed by atoms with Crippen LogP contribution in [0.25, 0.3) is 0 Å². The molecule has 3 nitrogen and oxygen atoms in total. The van der Waals surface area contributed by atoms with Crippen LogP contribution in [0.3, 0.4) is 0 Å². The van der Waals surface area contributed by atoms with Gasteiger partial charge in [-0.25, -0.2) is 4.79 Å². The maximum absolute atomic E-state index is 10.6. The van der Waals surface area contributed by atoms with Crippen LogP contribution < -0.4 is 4.74 Å². The van der Waals surface area contributed by atoms with Gasteiger partial charge in [0, 0.05) is 6.08 Å². The maximum Gasteiger partial charge on any atom is 0.335 e. The molecular formula is C24H32O3. The average molecular weight is 369 g/mol. The van der Waals surface area contributed by atoms with E-state index in [0.717, 1.165) is 18.1 Å². The molecule has 0 radical (unpaired) electrons. The van der Waals surface area contributed by atoms with E-state index in [-0.39, 0.29) is 0 Å². The van der Waals surface area contributed by atoms with Crippen molar-refractivity contribution in [2.45, 2.75) is 58.3 Å². The minimum absolute atomic E-state index is 0.434. The summed E-state index contributed by atoms with van der Waals surface area (Å²) in [5, 5.41) is 9.58. The number of phenolic OH excluding ortho intramolecular Hbond substituents is 1. The molecule has 0 fully saturated rings. The monoisotopic (exact) mass is 368 g/mol. The lowest BCUT2D eigenvalue weighted by Gasteiger charge is -2.04. The fourth-order valence-electron chi connectivity index (χ4n) is 2.64. The van der Waals surface area contributed by atoms with E-state index in [2.05, 4.69) is 13.5 Å². The van der Waals surface area contributed by atoms with Gasteiger partial charge in [0.25, 0.3) is 0 Å². The molecule has 2 aromatic rings. The van der Waals surface area contributed by atoms with Gasteiger partial charge in [-0.2, -0.15) is 0 Å². The third kappa shape index (κ3) is 10.9. The van der Waals surface area contributed by atoms with Crippen molar-refractivity contribution in [2.75, 3.05) is 0 Å². The van der Waals surface area contributed by atoms with Crippen LogP contribution in [0, 0.1) is 0 Å². The van der Waals surface area contributed by atoms with Crippen molar-refractivity contribution in [1.82, 2.24) is 0 Å². The summed E-state index contributed by atoms with van der Waals surface area (Å²) in [7, 11) is 0. The highest BCUT2D eigenvalue weighted by Gasteiger charge is 1.99. The second-order valence-corrected chi connectivity index (χ2v) is 6.44. The van der Waals surface area contributed by atoms with Gasteiger partial charge in [-0.15, -0.1) is 0 Å². The van der Waals surface area contributed by atoms with E-state index in [1.807, 2.05) is 24.3 Å². The quantitative estimate of drug-likeness (QED) is 0.226. The molecule has 0 aliphatic heterocycles. The molecule has 0 atom stereocenters. The fourth-order valence-corrected chi connectivity index (χ4v) is 2.64. The van der Waals surface area contributed by atoms with Crippen molar-refractivity contribution in [3.05, 3.63) is 72.8 Å². The molecular weight excluding hydrogens is 336 g/mol. The molecule has 0 amide bonds. The number of carbonyl (C=O) groups is 1. The number of benzene rings is 2. The summed E-state index contributed by atoms with van der Waals surface area (Å²) in [4.78, 5) is 10.6. The molecule has 0 aliphatic rings. The number of para-hydroxylation sites is 2. The number of carbonyl (C=O) groups excluding carboxylic acids is 1. The van der Waals surface area contributed by atoms with Gasteiger partial charge in [0.2, 0.25) is 0 Å². The average Bonchev–Trinajstić information content (AvgIpc) is 2.70. The molecule has 2 aromatic carbocycles. The van der Waals surface area contributed by atoms with Crippen LogP contribution in [-0.4, -0.2) is 11.1 Å². The van der Waals surface area contributed by atoms with Crippen LogP contribution in [0.4, 0.5) is 0 Å². The Morgan fingerprint density at radius 1 is 0.926 bits per heavy atom. The first-order valence-electron chi connectivity index (χ1n) is 9.83. The zero-order valence-electron chi connectivity index (χ0n) is 16.4. The predicted molar refractivity (Wildman–Crippen MR) is 112 cm³/mol. The summed E-state index contributed by atoms with van der Waals surface area (Å²) >= 11 is 0. The minimum Gasteiger partial charge on any atom is -0.508 e. The van der Waals surface area contributed by atoms with E-state index < -0.39 is 5.97 Å². The number of ether oxygens (including phenoxy) is 1. The normalized spacial score (nSPS) is 9.81. The second kappa shape index (κ2) is 14.6.